The molecule has 8 nitrogen and oxygen atoms in total. The van der Waals surface area contributed by atoms with Crippen molar-refractivity contribution >= 4 is 29.0 Å². The highest BCUT2D eigenvalue weighted by Crippen LogP contribution is 2.29. The second kappa shape index (κ2) is 10.7. The monoisotopic (exact) mass is 440 g/mol. The lowest BCUT2D eigenvalue weighted by Crippen LogP contribution is -2.33. The molecule has 3 rings (SSSR count). The van der Waals surface area contributed by atoms with Gasteiger partial charge in [0.05, 0.1) is 19.8 Å². The maximum absolute atomic E-state index is 13.0. The van der Waals surface area contributed by atoms with Crippen LogP contribution >= 0.6 is 0 Å². The molecule has 1 atom stereocenters. The smallest absolute Gasteiger partial charge is 0.323 e. The zero-order valence-electron chi connectivity index (χ0n) is 19.2. The van der Waals surface area contributed by atoms with Crippen molar-refractivity contribution in [1.82, 2.24) is 5.32 Å². The summed E-state index contributed by atoms with van der Waals surface area (Å²) in [5.74, 6) is 1.00. The van der Waals surface area contributed by atoms with Crippen LogP contribution in [-0.4, -0.2) is 45.3 Å². The normalized spacial score (nSPS) is 13.9. The number of benzene rings is 2. The van der Waals surface area contributed by atoms with Crippen molar-refractivity contribution in [3.8, 4) is 11.5 Å². The van der Waals surface area contributed by atoms with E-state index in [1.807, 2.05) is 26.0 Å². The quantitative estimate of drug-likeness (QED) is 0.563. The molecule has 0 spiro atoms. The van der Waals surface area contributed by atoms with Crippen LogP contribution in [0.2, 0.25) is 0 Å². The summed E-state index contributed by atoms with van der Waals surface area (Å²) in [5, 5.41) is 8.63. The number of rotatable bonds is 8. The van der Waals surface area contributed by atoms with Crippen molar-refractivity contribution in [3.63, 3.8) is 0 Å². The second-order valence-electron chi connectivity index (χ2n) is 7.89. The molecule has 1 heterocycles. The summed E-state index contributed by atoms with van der Waals surface area (Å²) in [4.78, 5) is 27.8. The Kier molecular flexibility index (Phi) is 7.81. The zero-order valence-corrected chi connectivity index (χ0v) is 19.2. The molecule has 0 aliphatic carbocycles. The third-order valence-corrected chi connectivity index (χ3v) is 5.54. The Labute approximate surface area is 189 Å². The van der Waals surface area contributed by atoms with Crippen LogP contribution in [0.4, 0.5) is 21.9 Å². The van der Waals surface area contributed by atoms with Crippen LogP contribution in [0.3, 0.4) is 0 Å². The first kappa shape index (κ1) is 23.2. The van der Waals surface area contributed by atoms with Gasteiger partial charge in [0.25, 0.3) is 5.91 Å². The number of nitrogens with zero attached hydrogens (tertiary/aromatic N) is 1. The number of hydrogen-bond acceptors (Lipinski definition) is 5. The maximum Gasteiger partial charge on any atom is 0.323 e. The summed E-state index contributed by atoms with van der Waals surface area (Å²) in [6.07, 6.45) is 3.06. The maximum atomic E-state index is 13.0. The van der Waals surface area contributed by atoms with Gasteiger partial charge in [0, 0.05) is 54.4 Å². The van der Waals surface area contributed by atoms with Crippen molar-refractivity contribution in [2.75, 3.05) is 42.8 Å². The van der Waals surface area contributed by atoms with Gasteiger partial charge in [0.15, 0.2) is 0 Å². The topological polar surface area (TPSA) is 91.9 Å². The van der Waals surface area contributed by atoms with Crippen LogP contribution < -0.4 is 30.3 Å². The van der Waals surface area contributed by atoms with Crippen molar-refractivity contribution in [1.29, 1.82) is 0 Å². The fraction of sp³-hybridized carbons (Fsp3) is 0.417. The summed E-state index contributed by atoms with van der Waals surface area (Å²) in [7, 11) is 3.10. The molecule has 3 amide bonds. The fourth-order valence-electron chi connectivity index (χ4n) is 3.61. The standard InChI is InChI=1S/C24H32N4O4/c1-5-16(2)25-23(29)21-14-17(8-9-22(21)28-10-6-7-11-28)26-24(30)27-18-12-19(31-3)15-20(13-18)32-4/h8-9,12-16H,5-7,10-11H2,1-4H3,(H,25,29)(H2,26,27,30). The number of carbonyl (C=O) groups is 2. The number of carbonyl (C=O) groups excluding carboxylic acids is 2. The van der Waals surface area contributed by atoms with Crippen LogP contribution in [0.1, 0.15) is 43.5 Å². The van der Waals surface area contributed by atoms with Crippen LogP contribution in [0.15, 0.2) is 36.4 Å². The number of ether oxygens (including phenoxy) is 2. The summed E-state index contributed by atoms with van der Waals surface area (Å²) in [6, 6.07) is 10.2. The average molecular weight is 441 g/mol. The van der Waals surface area contributed by atoms with Crippen LogP contribution in [-0.2, 0) is 0 Å². The molecule has 1 unspecified atom stereocenters. The van der Waals surface area contributed by atoms with Crippen molar-refractivity contribution in [2.24, 2.45) is 0 Å². The van der Waals surface area contributed by atoms with E-state index in [0.717, 1.165) is 38.0 Å². The molecule has 0 aromatic heterocycles. The van der Waals surface area contributed by atoms with E-state index in [2.05, 4.69) is 20.9 Å². The Bertz CT molecular complexity index is 935. The highest BCUT2D eigenvalue weighted by atomic mass is 16.5. The first-order chi connectivity index (χ1) is 15.4. The molecule has 32 heavy (non-hydrogen) atoms. The summed E-state index contributed by atoms with van der Waals surface area (Å²) < 4.78 is 10.5. The molecule has 1 saturated heterocycles. The second-order valence-corrected chi connectivity index (χ2v) is 7.89. The summed E-state index contributed by atoms with van der Waals surface area (Å²) in [5.41, 5.74) is 2.52. The van der Waals surface area contributed by atoms with E-state index in [1.165, 1.54) is 0 Å². The highest BCUT2D eigenvalue weighted by molar-refractivity contribution is 6.04. The predicted octanol–water partition coefficient (Wildman–Crippen LogP) is 4.48. The lowest BCUT2D eigenvalue weighted by molar-refractivity contribution is 0.0939. The van der Waals surface area contributed by atoms with Crippen LogP contribution in [0.5, 0.6) is 11.5 Å². The van der Waals surface area contributed by atoms with E-state index in [0.29, 0.717) is 28.4 Å². The Hall–Kier alpha value is -3.42. The Morgan fingerprint density at radius 3 is 2.19 bits per heavy atom. The Balaban J connectivity index is 1.79. The Morgan fingerprint density at radius 1 is 0.969 bits per heavy atom. The fourth-order valence-corrected chi connectivity index (χ4v) is 3.61. The van der Waals surface area contributed by atoms with Gasteiger partial charge in [-0.25, -0.2) is 4.79 Å². The molecule has 1 fully saturated rings. The number of anilines is 3. The molecule has 1 aliphatic heterocycles. The molecule has 8 heteroatoms. The van der Waals surface area contributed by atoms with E-state index >= 15 is 0 Å². The first-order valence-electron chi connectivity index (χ1n) is 10.9. The van der Waals surface area contributed by atoms with E-state index in [9.17, 15) is 9.59 Å². The molecule has 0 bridgehead atoms. The van der Waals surface area contributed by atoms with Gasteiger partial charge in [-0.3, -0.25) is 4.79 Å². The summed E-state index contributed by atoms with van der Waals surface area (Å²) >= 11 is 0. The minimum absolute atomic E-state index is 0.0666. The molecule has 0 saturated carbocycles. The van der Waals surface area contributed by atoms with Gasteiger partial charge in [0.2, 0.25) is 0 Å². The van der Waals surface area contributed by atoms with Gasteiger partial charge in [-0.1, -0.05) is 6.92 Å². The third kappa shape index (κ3) is 5.84. The molecule has 3 N–H and O–H groups in total. The van der Waals surface area contributed by atoms with E-state index in [1.54, 1.807) is 38.5 Å². The Morgan fingerprint density at radius 2 is 1.59 bits per heavy atom. The number of urea groups is 1. The van der Waals surface area contributed by atoms with Gasteiger partial charge in [-0.2, -0.15) is 0 Å². The van der Waals surface area contributed by atoms with Gasteiger partial charge in [-0.05, 0) is 44.4 Å². The average Bonchev–Trinajstić information content (AvgIpc) is 3.33. The summed E-state index contributed by atoms with van der Waals surface area (Å²) in [6.45, 7) is 5.86. The SMILES string of the molecule is CCC(C)NC(=O)c1cc(NC(=O)Nc2cc(OC)cc(OC)c2)ccc1N1CCCC1. The molecular weight excluding hydrogens is 408 g/mol. The van der Waals surface area contributed by atoms with Gasteiger partial charge >= 0.3 is 6.03 Å². The first-order valence-corrected chi connectivity index (χ1v) is 10.9. The van der Waals surface area contributed by atoms with Gasteiger partial charge < -0.3 is 30.3 Å². The number of methoxy groups -OCH3 is 2. The van der Waals surface area contributed by atoms with Gasteiger partial charge in [0.1, 0.15) is 11.5 Å². The van der Waals surface area contributed by atoms with Crippen LogP contribution in [0.25, 0.3) is 0 Å². The molecule has 172 valence electrons. The molecule has 1 aliphatic rings. The minimum Gasteiger partial charge on any atom is -0.497 e. The van der Waals surface area contributed by atoms with E-state index < -0.39 is 6.03 Å². The molecule has 2 aromatic carbocycles. The minimum atomic E-state index is -0.428. The third-order valence-electron chi connectivity index (χ3n) is 5.54. The van der Waals surface area contributed by atoms with E-state index in [-0.39, 0.29) is 11.9 Å². The highest BCUT2D eigenvalue weighted by Gasteiger charge is 2.21. The molecule has 2 aromatic rings. The number of nitrogens with one attached hydrogen (secondary N) is 3. The van der Waals surface area contributed by atoms with Gasteiger partial charge in [-0.15, -0.1) is 0 Å². The predicted molar refractivity (Wildman–Crippen MR) is 127 cm³/mol. The lowest BCUT2D eigenvalue weighted by atomic mass is 10.1. The van der Waals surface area contributed by atoms with Crippen molar-refractivity contribution in [2.45, 2.75) is 39.2 Å². The molecular formula is C24H32N4O4. The van der Waals surface area contributed by atoms with E-state index in [4.69, 9.17) is 9.47 Å². The van der Waals surface area contributed by atoms with Crippen LogP contribution in [0, 0.1) is 0 Å². The lowest BCUT2D eigenvalue weighted by Gasteiger charge is -2.23. The molecule has 0 radical (unpaired) electrons. The van der Waals surface area contributed by atoms with Crippen molar-refractivity contribution in [3.05, 3.63) is 42.0 Å². The number of amides is 3. The number of hydrogen-bond donors (Lipinski definition) is 3. The largest absolute Gasteiger partial charge is 0.497 e. The zero-order chi connectivity index (χ0) is 23.1. The van der Waals surface area contributed by atoms with Crippen molar-refractivity contribution < 1.29 is 19.1 Å².